The van der Waals surface area contributed by atoms with Gasteiger partial charge in [-0.25, -0.2) is 0 Å². The Morgan fingerprint density at radius 1 is 1.32 bits per heavy atom. The van der Waals surface area contributed by atoms with Gasteiger partial charge in [-0.3, -0.25) is 9.59 Å². The molecule has 0 saturated carbocycles. The SMILES string of the molecule is CCCCn1c(C)cc2c(c1=O)C1(C(=O)Nc3ccccc31)C(C#N)=C(N)O2. The Labute approximate surface area is 162 Å². The van der Waals surface area contributed by atoms with Crippen LogP contribution in [0.4, 0.5) is 5.69 Å². The van der Waals surface area contributed by atoms with Crippen LogP contribution in [0.1, 0.15) is 36.6 Å². The molecule has 3 heterocycles. The first kappa shape index (κ1) is 17.9. The van der Waals surface area contributed by atoms with Gasteiger partial charge in [-0.1, -0.05) is 31.5 Å². The second kappa shape index (κ2) is 6.27. The molecule has 1 spiro atoms. The highest BCUT2D eigenvalue weighted by Crippen LogP contribution is 2.51. The van der Waals surface area contributed by atoms with Gasteiger partial charge in [0.2, 0.25) is 11.8 Å². The van der Waals surface area contributed by atoms with Gasteiger partial charge in [0.25, 0.3) is 5.56 Å². The van der Waals surface area contributed by atoms with Crippen LogP contribution in [0, 0.1) is 18.3 Å². The van der Waals surface area contributed by atoms with E-state index in [1.54, 1.807) is 34.9 Å². The van der Waals surface area contributed by atoms with Crippen molar-refractivity contribution in [3.8, 4) is 11.8 Å². The third-order valence-electron chi connectivity index (χ3n) is 5.45. The molecule has 1 aromatic heterocycles. The Hall–Kier alpha value is -3.53. The average molecular weight is 376 g/mol. The van der Waals surface area contributed by atoms with Crippen LogP contribution in [-0.4, -0.2) is 10.5 Å². The van der Waals surface area contributed by atoms with Gasteiger partial charge in [0.1, 0.15) is 17.4 Å². The molecule has 0 radical (unpaired) electrons. The summed E-state index contributed by atoms with van der Waals surface area (Å²) in [5.41, 5.74) is 5.98. The number of aromatic nitrogens is 1. The Bertz CT molecular complexity index is 1140. The number of para-hydroxylation sites is 1. The zero-order valence-electron chi connectivity index (χ0n) is 15.7. The predicted molar refractivity (Wildman–Crippen MR) is 104 cm³/mol. The van der Waals surface area contributed by atoms with Gasteiger partial charge in [0.15, 0.2) is 5.41 Å². The number of carbonyl (C=O) groups is 1. The molecule has 1 atom stereocenters. The van der Waals surface area contributed by atoms with Crippen molar-refractivity contribution in [3.05, 3.63) is 69.0 Å². The third-order valence-corrected chi connectivity index (χ3v) is 5.45. The molecular weight excluding hydrogens is 356 g/mol. The van der Waals surface area contributed by atoms with Crippen LogP contribution in [-0.2, 0) is 16.8 Å². The van der Waals surface area contributed by atoms with Crippen molar-refractivity contribution >= 4 is 11.6 Å². The van der Waals surface area contributed by atoms with E-state index in [2.05, 4.69) is 5.32 Å². The number of aryl methyl sites for hydroxylation is 1. The minimum absolute atomic E-state index is 0.0644. The lowest BCUT2D eigenvalue weighted by atomic mass is 9.69. The first-order valence-corrected chi connectivity index (χ1v) is 9.20. The lowest BCUT2D eigenvalue weighted by molar-refractivity contribution is -0.118. The van der Waals surface area contributed by atoms with E-state index in [-0.39, 0.29) is 28.3 Å². The fourth-order valence-electron chi connectivity index (χ4n) is 4.13. The van der Waals surface area contributed by atoms with Crippen LogP contribution in [0.2, 0.25) is 0 Å². The summed E-state index contributed by atoms with van der Waals surface area (Å²) in [4.78, 5) is 26.8. The van der Waals surface area contributed by atoms with Crippen LogP contribution in [0.25, 0.3) is 0 Å². The monoisotopic (exact) mass is 376 g/mol. The van der Waals surface area contributed by atoms with Gasteiger partial charge in [-0.05, 0) is 19.4 Å². The molecule has 3 N–H and O–H groups in total. The summed E-state index contributed by atoms with van der Waals surface area (Å²) in [7, 11) is 0. The third kappa shape index (κ3) is 2.15. The van der Waals surface area contributed by atoms with Crippen LogP contribution in [0.15, 0.2) is 46.6 Å². The zero-order valence-corrected chi connectivity index (χ0v) is 15.7. The second-order valence-electron chi connectivity index (χ2n) is 7.04. The first-order valence-electron chi connectivity index (χ1n) is 9.20. The number of fused-ring (bicyclic) bond motifs is 4. The number of hydrogen-bond donors (Lipinski definition) is 2. The summed E-state index contributed by atoms with van der Waals surface area (Å²) in [6.07, 6.45) is 1.74. The number of amides is 1. The minimum Gasteiger partial charge on any atom is -0.440 e. The number of benzene rings is 1. The fraction of sp³-hybridized carbons (Fsp3) is 0.286. The van der Waals surface area contributed by atoms with Crippen molar-refractivity contribution in [2.75, 3.05) is 5.32 Å². The molecule has 1 amide bonds. The molecule has 0 aliphatic carbocycles. The molecule has 2 aromatic rings. The van der Waals surface area contributed by atoms with E-state index in [0.717, 1.165) is 12.8 Å². The number of pyridine rings is 1. The Morgan fingerprint density at radius 3 is 2.79 bits per heavy atom. The van der Waals surface area contributed by atoms with Gasteiger partial charge >= 0.3 is 0 Å². The molecular formula is C21H20N4O3. The van der Waals surface area contributed by atoms with E-state index in [1.165, 1.54) is 0 Å². The standard InChI is InChI=1S/C21H20N4O3/c1-3-4-9-25-12(2)10-16-17(19(25)26)21(14(11-22)18(23)28-16)13-7-5-6-8-15(13)24-20(21)27/h5-8,10H,3-4,9,23H2,1-2H3,(H,24,27). The van der Waals surface area contributed by atoms with Crippen molar-refractivity contribution in [3.63, 3.8) is 0 Å². The summed E-state index contributed by atoms with van der Waals surface area (Å²) in [5, 5.41) is 12.7. The lowest BCUT2D eigenvalue weighted by Crippen LogP contribution is -2.47. The molecule has 142 valence electrons. The molecule has 1 aromatic carbocycles. The molecule has 1 unspecified atom stereocenters. The molecule has 28 heavy (non-hydrogen) atoms. The number of nitrogens with one attached hydrogen (secondary N) is 1. The van der Waals surface area contributed by atoms with E-state index in [9.17, 15) is 14.9 Å². The topological polar surface area (TPSA) is 110 Å². The van der Waals surface area contributed by atoms with Gasteiger partial charge in [0, 0.05) is 29.6 Å². The number of nitriles is 1. The maximum absolute atomic E-state index is 13.6. The van der Waals surface area contributed by atoms with Crippen LogP contribution in [0.5, 0.6) is 5.75 Å². The molecule has 2 aliphatic rings. The van der Waals surface area contributed by atoms with Crippen LogP contribution < -0.4 is 21.3 Å². The van der Waals surface area contributed by atoms with Gasteiger partial charge < -0.3 is 20.4 Å². The highest BCUT2D eigenvalue weighted by Gasteiger charge is 2.58. The van der Waals surface area contributed by atoms with Crippen molar-refractivity contribution in [1.29, 1.82) is 5.26 Å². The Kier molecular flexibility index (Phi) is 4.00. The van der Waals surface area contributed by atoms with E-state index >= 15 is 0 Å². The number of carbonyl (C=O) groups excluding carboxylic acids is 1. The summed E-state index contributed by atoms with van der Waals surface area (Å²) in [6.45, 7) is 4.38. The fourth-order valence-corrected chi connectivity index (χ4v) is 4.13. The minimum atomic E-state index is -1.61. The second-order valence-corrected chi connectivity index (χ2v) is 7.04. The van der Waals surface area contributed by atoms with Gasteiger partial charge in [-0.2, -0.15) is 5.26 Å². The van der Waals surface area contributed by atoms with E-state index < -0.39 is 11.3 Å². The van der Waals surface area contributed by atoms with E-state index in [1.807, 2.05) is 19.9 Å². The van der Waals surface area contributed by atoms with E-state index in [0.29, 0.717) is 23.5 Å². The number of ether oxygens (including phenoxy) is 1. The van der Waals surface area contributed by atoms with Crippen molar-refractivity contribution < 1.29 is 9.53 Å². The highest BCUT2D eigenvalue weighted by molar-refractivity contribution is 6.12. The smallest absolute Gasteiger partial charge is 0.259 e. The molecule has 2 aliphatic heterocycles. The number of unbranched alkanes of at least 4 members (excludes halogenated alkanes) is 1. The summed E-state index contributed by atoms with van der Waals surface area (Å²) in [6, 6.07) is 10.8. The molecule has 4 rings (SSSR count). The number of hydrogen-bond acceptors (Lipinski definition) is 5. The van der Waals surface area contributed by atoms with Gasteiger partial charge in [-0.15, -0.1) is 0 Å². The summed E-state index contributed by atoms with van der Waals surface area (Å²) in [5.74, 6) is -0.411. The number of nitrogens with two attached hydrogens (primary N) is 1. The molecule has 0 saturated heterocycles. The number of anilines is 1. The van der Waals surface area contributed by atoms with Crippen LogP contribution in [0.3, 0.4) is 0 Å². The molecule has 7 heteroatoms. The zero-order chi connectivity index (χ0) is 20.1. The first-order chi connectivity index (χ1) is 13.5. The quantitative estimate of drug-likeness (QED) is 0.854. The molecule has 7 nitrogen and oxygen atoms in total. The Morgan fingerprint density at radius 2 is 2.07 bits per heavy atom. The Balaban J connectivity index is 2.13. The molecule has 0 bridgehead atoms. The maximum Gasteiger partial charge on any atom is 0.259 e. The van der Waals surface area contributed by atoms with E-state index in [4.69, 9.17) is 10.5 Å². The summed E-state index contributed by atoms with van der Waals surface area (Å²) >= 11 is 0. The number of rotatable bonds is 3. The normalized spacial score (nSPS) is 19.7. The van der Waals surface area contributed by atoms with Crippen LogP contribution >= 0.6 is 0 Å². The van der Waals surface area contributed by atoms with Crippen molar-refractivity contribution in [1.82, 2.24) is 4.57 Å². The maximum atomic E-state index is 13.6. The largest absolute Gasteiger partial charge is 0.440 e. The molecule has 0 fully saturated rings. The predicted octanol–water partition coefficient (Wildman–Crippen LogP) is 2.28. The lowest BCUT2D eigenvalue weighted by Gasteiger charge is -2.33. The number of nitrogens with zero attached hydrogens (tertiary/aromatic N) is 2. The average Bonchev–Trinajstić information content (AvgIpc) is 2.94. The van der Waals surface area contributed by atoms with Crippen molar-refractivity contribution in [2.45, 2.75) is 38.6 Å². The van der Waals surface area contributed by atoms with Gasteiger partial charge in [0.05, 0.1) is 5.56 Å². The highest BCUT2D eigenvalue weighted by atomic mass is 16.5. The van der Waals surface area contributed by atoms with Crippen molar-refractivity contribution in [2.24, 2.45) is 5.73 Å². The summed E-state index contributed by atoms with van der Waals surface area (Å²) < 4.78 is 7.29.